The molecule has 1 atom stereocenters. The average Bonchev–Trinajstić information content (AvgIpc) is 2.95. The zero-order chi connectivity index (χ0) is 15.4. The van der Waals surface area contributed by atoms with Gasteiger partial charge >= 0.3 is 5.97 Å². The van der Waals surface area contributed by atoms with Crippen LogP contribution in [0.25, 0.3) is 0 Å². The van der Waals surface area contributed by atoms with Gasteiger partial charge in [0.1, 0.15) is 5.15 Å². The first-order valence-corrected chi connectivity index (χ1v) is 7.46. The molecule has 2 rings (SSSR count). The van der Waals surface area contributed by atoms with Crippen LogP contribution in [0.15, 0.2) is 12.1 Å². The van der Waals surface area contributed by atoms with Gasteiger partial charge in [0.05, 0.1) is 13.0 Å². The third-order valence-corrected chi connectivity index (χ3v) is 3.80. The summed E-state index contributed by atoms with van der Waals surface area (Å²) >= 11 is 5.98. The Morgan fingerprint density at radius 1 is 1.48 bits per heavy atom. The predicted octanol–water partition coefficient (Wildman–Crippen LogP) is 2.32. The van der Waals surface area contributed by atoms with E-state index in [0.717, 1.165) is 18.5 Å². The lowest BCUT2D eigenvalue weighted by atomic mass is 10.1. The van der Waals surface area contributed by atoms with Gasteiger partial charge < -0.3 is 9.64 Å². The molecule has 0 aromatic carbocycles. The maximum Gasteiger partial charge on any atom is 0.310 e. The number of amides is 1. The Balaban J connectivity index is 2.12. The van der Waals surface area contributed by atoms with Gasteiger partial charge in [0.2, 0.25) is 0 Å². The number of hydrogen-bond acceptors (Lipinski definition) is 4. The Kier molecular flexibility index (Phi) is 5.17. The van der Waals surface area contributed by atoms with E-state index in [2.05, 4.69) is 4.98 Å². The highest BCUT2D eigenvalue weighted by Gasteiger charge is 2.32. The number of pyridine rings is 1. The molecule has 0 N–H and O–H groups in total. The van der Waals surface area contributed by atoms with Crippen LogP contribution in [0.4, 0.5) is 0 Å². The zero-order valence-corrected chi connectivity index (χ0v) is 13.0. The Morgan fingerprint density at radius 2 is 2.24 bits per heavy atom. The minimum atomic E-state index is -0.260. The number of aryl methyl sites for hydroxylation is 1. The van der Waals surface area contributed by atoms with E-state index in [1.165, 1.54) is 7.11 Å². The molecule has 0 bridgehead atoms. The smallest absolute Gasteiger partial charge is 0.310 e. The van der Waals surface area contributed by atoms with Crippen molar-refractivity contribution >= 4 is 23.5 Å². The van der Waals surface area contributed by atoms with Crippen LogP contribution in [0.2, 0.25) is 5.15 Å². The standard InChI is InChI=1S/C15H19ClN2O3/c1-3-4-12-7-11(8-13(16)17-12)14(19)18-6-5-10(9-18)15(20)21-2/h7-8,10H,3-6,9H2,1-2H3. The predicted molar refractivity (Wildman–Crippen MR) is 79.3 cm³/mol. The first-order chi connectivity index (χ1) is 10.0. The summed E-state index contributed by atoms with van der Waals surface area (Å²) in [6.07, 6.45) is 2.36. The van der Waals surface area contributed by atoms with E-state index in [0.29, 0.717) is 30.2 Å². The van der Waals surface area contributed by atoms with Gasteiger partial charge in [-0.3, -0.25) is 9.59 Å². The molecule has 1 fully saturated rings. The molecule has 0 spiro atoms. The second-order valence-electron chi connectivity index (χ2n) is 5.18. The summed E-state index contributed by atoms with van der Waals surface area (Å²) in [6.45, 7) is 3.00. The Labute approximate surface area is 129 Å². The third kappa shape index (κ3) is 3.73. The van der Waals surface area contributed by atoms with Gasteiger partial charge in [-0.1, -0.05) is 24.9 Å². The quantitative estimate of drug-likeness (QED) is 0.632. The summed E-state index contributed by atoms with van der Waals surface area (Å²) in [4.78, 5) is 29.9. The Bertz CT molecular complexity index is 548. The van der Waals surface area contributed by atoms with Crippen LogP contribution < -0.4 is 0 Å². The number of carbonyl (C=O) groups is 2. The molecular formula is C15H19ClN2O3. The van der Waals surface area contributed by atoms with Gasteiger partial charge in [0, 0.05) is 24.3 Å². The Hall–Kier alpha value is -1.62. The van der Waals surface area contributed by atoms with Crippen molar-refractivity contribution in [3.05, 3.63) is 28.5 Å². The molecule has 114 valence electrons. The number of halogens is 1. The fraction of sp³-hybridized carbons (Fsp3) is 0.533. The van der Waals surface area contributed by atoms with E-state index in [-0.39, 0.29) is 17.8 Å². The highest BCUT2D eigenvalue weighted by Crippen LogP contribution is 2.21. The lowest BCUT2D eigenvalue weighted by Gasteiger charge is -2.16. The van der Waals surface area contributed by atoms with E-state index in [4.69, 9.17) is 16.3 Å². The van der Waals surface area contributed by atoms with Crippen LogP contribution >= 0.6 is 11.6 Å². The van der Waals surface area contributed by atoms with Crippen molar-refractivity contribution in [1.29, 1.82) is 0 Å². The Morgan fingerprint density at radius 3 is 2.90 bits per heavy atom. The van der Waals surface area contributed by atoms with Crippen molar-refractivity contribution in [2.24, 2.45) is 5.92 Å². The first kappa shape index (κ1) is 15.8. The van der Waals surface area contributed by atoms with Crippen LogP contribution in [-0.4, -0.2) is 42.0 Å². The number of esters is 1. The molecular weight excluding hydrogens is 292 g/mol. The maximum absolute atomic E-state index is 12.5. The fourth-order valence-electron chi connectivity index (χ4n) is 2.55. The minimum absolute atomic E-state index is 0.108. The van der Waals surface area contributed by atoms with Gasteiger partial charge in [-0.15, -0.1) is 0 Å². The summed E-state index contributed by atoms with van der Waals surface area (Å²) in [5, 5.41) is 0.327. The number of likely N-dealkylation sites (tertiary alicyclic amines) is 1. The van der Waals surface area contributed by atoms with Crippen molar-refractivity contribution in [2.45, 2.75) is 26.2 Å². The zero-order valence-electron chi connectivity index (χ0n) is 12.3. The first-order valence-electron chi connectivity index (χ1n) is 7.08. The molecule has 1 saturated heterocycles. The van der Waals surface area contributed by atoms with E-state index in [1.54, 1.807) is 17.0 Å². The number of methoxy groups -OCH3 is 1. The molecule has 5 nitrogen and oxygen atoms in total. The van der Waals surface area contributed by atoms with Gasteiger partial charge in [0.25, 0.3) is 5.91 Å². The monoisotopic (exact) mass is 310 g/mol. The molecule has 0 radical (unpaired) electrons. The van der Waals surface area contributed by atoms with Gasteiger partial charge in [-0.25, -0.2) is 4.98 Å². The van der Waals surface area contributed by atoms with Gasteiger partial charge in [0.15, 0.2) is 0 Å². The third-order valence-electron chi connectivity index (χ3n) is 3.61. The number of nitrogens with zero attached hydrogens (tertiary/aromatic N) is 2. The molecule has 1 aromatic heterocycles. The largest absolute Gasteiger partial charge is 0.469 e. The fourth-order valence-corrected chi connectivity index (χ4v) is 2.77. The van der Waals surface area contributed by atoms with Crippen molar-refractivity contribution in [3.8, 4) is 0 Å². The SMILES string of the molecule is CCCc1cc(C(=O)N2CCC(C(=O)OC)C2)cc(Cl)n1. The normalized spacial score (nSPS) is 17.9. The summed E-state index contributed by atoms with van der Waals surface area (Å²) in [6, 6.07) is 3.36. The van der Waals surface area contributed by atoms with E-state index in [1.807, 2.05) is 6.92 Å². The van der Waals surface area contributed by atoms with Crippen molar-refractivity contribution < 1.29 is 14.3 Å². The molecule has 0 saturated carbocycles. The minimum Gasteiger partial charge on any atom is -0.469 e. The van der Waals surface area contributed by atoms with Crippen LogP contribution in [0, 0.1) is 5.92 Å². The molecule has 1 aliphatic rings. The summed E-state index contributed by atoms with van der Waals surface area (Å²) in [5.74, 6) is -0.598. The summed E-state index contributed by atoms with van der Waals surface area (Å²) < 4.78 is 4.73. The summed E-state index contributed by atoms with van der Waals surface area (Å²) in [7, 11) is 1.37. The number of carbonyl (C=O) groups excluding carboxylic acids is 2. The van der Waals surface area contributed by atoms with Crippen molar-refractivity contribution in [2.75, 3.05) is 20.2 Å². The van der Waals surface area contributed by atoms with Gasteiger partial charge in [-0.2, -0.15) is 0 Å². The molecule has 0 aliphatic carbocycles. The number of aromatic nitrogens is 1. The lowest BCUT2D eigenvalue weighted by molar-refractivity contribution is -0.144. The molecule has 2 heterocycles. The second kappa shape index (κ2) is 6.89. The van der Waals surface area contributed by atoms with Crippen LogP contribution in [0.3, 0.4) is 0 Å². The van der Waals surface area contributed by atoms with Crippen molar-refractivity contribution in [1.82, 2.24) is 9.88 Å². The molecule has 21 heavy (non-hydrogen) atoms. The topological polar surface area (TPSA) is 59.5 Å². The molecule has 1 amide bonds. The number of ether oxygens (including phenoxy) is 1. The molecule has 1 aromatic rings. The highest BCUT2D eigenvalue weighted by molar-refractivity contribution is 6.29. The van der Waals surface area contributed by atoms with Gasteiger partial charge in [-0.05, 0) is 25.0 Å². The van der Waals surface area contributed by atoms with Crippen LogP contribution in [-0.2, 0) is 16.0 Å². The average molecular weight is 311 g/mol. The second-order valence-corrected chi connectivity index (χ2v) is 5.57. The number of rotatable bonds is 4. The van der Waals surface area contributed by atoms with Crippen LogP contribution in [0.1, 0.15) is 35.8 Å². The van der Waals surface area contributed by atoms with E-state index >= 15 is 0 Å². The van der Waals surface area contributed by atoms with Crippen LogP contribution in [0.5, 0.6) is 0 Å². The lowest BCUT2D eigenvalue weighted by Crippen LogP contribution is -2.30. The van der Waals surface area contributed by atoms with E-state index < -0.39 is 0 Å². The molecule has 6 heteroatoms. The molecule has 1 unspecified atom stereocenters. The molecule has 1 aliphatic heterocycles. The van der Waals surface area contributed by atoms with E-state index in [9.17, 15) is 9.59 Å². The highest BCUT2D eigenvalue weighted by atomic mass is 35.5. The summed E-state index contributed by atoms with van der Waals surface area (Å²) in [5.41, 5.74) is 1.35. The number of hydrogen-bond donors (Lipinski definition) is 0. The maximum atomic E-state index is 12.5. The van der Waals surface area contributed by atoms with Crippen molar-refractivity contribution in [3.63, 3.8) is 0 Å².